The Balaban J connectivity index is 2.70. The SMILES string of the molecule is COc1cccc(CNC(=O)CC(C)(C)C)c1OC. The summed E-state index contributed by atoms with van der Waals surface area (Å²) in [7, 11) is 3.19. The molecule has 0 fully saturated rings. The fraction of sp³-hybridized carbons (Fsp3) is 0.533. The third kappa shape index (κ3) is 4.81. The third-order valence-corrected chi connectivity index (χ3v) is 2.65. The number of carbonyl (C=O) groups is 1. The molecule has 1 amide bonds. The average molecular weight is 265 g/mol. The molecule has 0 heterocycles. The number of ether oxygens (including phenoxy) is 2. The quantitative estimate of drug-likeness (QED) is 0.890. The fourth-order valence-corrected chi connectivity index (χ4v) is 1.83. The molecule has 0 atom stereocenters. The van der Waals surface area contributed by atoms with E-state index in [4.69, 9.17) is 9.47 Å². The molecule has 1 N–H and O–H groups in total. The highest BCUT2D eigenvalue weighted by Crippen LogP contribution is 2.30. The van der Waals surface area contributed by atoms with Crippen LogP contribution in [0.3, 0.4) is 0 Å². The van der Waals surface area contributed by atoms with Crippen LogP contribution in [0.15, 0.2) is 18.2 Å². The first-order chi connectivity index (χ1) is 8.87. The van der Waals surface area contributed by atoms with E-state index in [0.717, 1.165) is 5.56 Å². The molecule has 1 aromatic carbocycles. The van der Waals surface area contributed by atoms with Crippen LogP contribution in [0.4, 0.5) is 0 Å². The van der Waals surface area contributed by atoms with Gasteiger partial charge in [-0.2, -0.15) is 0 Å². The predicted molar refractivity (Wildman–Crippen MR) is 75.5 cm³/mol. The maximum Gasteiger partial charge on any atom is 0.220 e. The van der Waals surface area contributed by atoms with Crippen molar-refractivity contribution < 1.29 is 14.3 Å². The summed E-state index contributed by atoms with van der Waals surface area (Å²) in [6.45, 7) is 6.56. The number of para-hydroxylation sites is 1. The van der Waals surface area contributed by atoms with E-state index in [1.807, 2.05) is 39.0 Å². The zero-order valence-electron chi connectivity index (χ0n) is 12.4. The van der Waals surface area contributed by atoms with E-state index < -0.39 is 0 Å². The van der Waals surface area contributed by atoms with Gasteiger partial charge in [-0.15, -0.1) is 0 Å². The summed E-state index contributed by atoms with van der Waals surface area (Å²) in [4.78, 5) is 11.8. The van der Waals surface area contributed by atoms with Gasteiger partial charge >= 0.3 is 0 Å². The Bertz CT molecular complexity index is 436. The van der Waals surface area contributed by atoms with E-state index in [0.29, 0.717) is 24.5 Å². The Hall–Kier alpha value is -1.71. The topological polar surface area (TPSA) is 47.6 Å². The predicted octanol–water partition coefficient (Wildman–Crippen LogP) is 2.76. The maximum atomic E-state index is 11.8. The third-order valence-electron chi connectivity index (χ3n) is 2.65. The van der Waals surface area contributed by atoms with Crippen LogP contribution >= 0.6 is 0 Å². The zero-order chi connectivity index (χ0) is 14.5. The van der Waals surface area contributed by atoms with E-state index in [1.54, 1.807) is 14.2 Å². The van der Waals surface area contributed by atoms with Gasteiger partial charge in [-0.3, -0.25) is 4.79 Å². The van der Waals surface area contributed by atoms with Gasteiger partial charge in [-0.25, -0.2) is 0 Å². The molecule has 0 unspecified atom stereocenters. The summed E-state index contributed by atoms with van der Waals surface area (Å²) in [6, 6.07) is 5.63. The van der Waals surface area contributed by atoms with Crippen LogP contribution in [0.5, 0.6) is 11.5 Å². The number of hydrogen-bond donors (Lipinski definition) is 1. The standard InChI is InChI=1S/C15H23NO3/c1-15(2,3)9-13(17)16-10-11-7-6-8-12(18-4)14(11)19-5/h6-8H,9-10H2,1-5H3,(H,16,17). The Labute approximate surface area is 115 Å². The van der Waals surface area contributed by atoms with Gasteiger partial charge in [0, 0.05) is 18.5 Å². The molecule has 4 nitrogen and oxygen atoms in total. The van der Waals surface area contributed by atoms with Crippen molar-refractivity contribution in [1.29, 1.82) is 0 Å². The molecule has 0 radical (unpaired) electrons. The van der Waals surface area contributed by atoms with Crippen LogP contribution in [0.1, 0.15) is 32.8 Å². The van der Waals surface area contributed by atoms with Gasteiger partial charge < -0.3 is 14.8 Å². The van der Waals surface area contributed by atoms with Crippen molar-refractivity contribution in [3.63, 3.8) is 0 Å². The lowest BCUT2D eigenvalue weighted by Gasteiger charge is -2.18. The number of rotatable bonds is 5. The number of amides is 1. The van der Waals surface area contributed by atoms with E-state index in [-0.39, 0.29) is 11.3 Å². The molecule has 1 aromatic rings. The number of nitrogens with one attached hydrogen (secondary N) is 1. The highest BCUT2D eigenvalue weighted by atomic mass is 16.5. The largest absolute Gasteiger partial charge is 0.493 e. The van der Waals surface area contributed by atoms with Crippen LogP contribution in [0.25, 0.3) is 0 Å². The zero-order valence-corrected chi connectivity index (χ0v) is 12.4. The minimum absolute atomic E-state index is 0.0114. The van der Waals surface area contributed by atoms with Crippen LogP contribution in [-0.4, -0.2) is 20.1 Å². The molecular formula is C15H23NO3. The van der Waals surface area contributed by atoms with Crippen molar-refractivity contribution in [3.8, 4) is 11.5 Å². The highest BCUT2D eigenvalue weighted by molar-refractivity contribution is 5.76. The lowest BCUT2D eigenvalue weighted by molar-refractivity contribution is -0.122. The number of hydrogen-bond acceptors (Lipinski definition) is 3. The molecule has 0 saturated carbocycles. The Morgan fingerprint density at radius 2 is 1.89 bits per heavy atom. The Morgan fingerprint density at radius 3 is 2.42 bits per heavy atom. The lowest BCUT2D eigenvalue weighted by Crippen LogP contribution is -2.27. The Morgan fingerprint density at radius 1 is 1.21 bits per heavy atom. The highest BCUT2D eigenvalue weighted by Gasteiger charge is 2.16. The summed E-state index contributed by atoms with van der Waals surface area (Å²) in [6.07, 6.45) is 0.499. The van der Waals surface area contributed by atoms with Crippen molar-refractivity contribution in [2.45, 2.75) is 33.7 Å². The van der Waals surface area contributed by atoms with Gasteiger partial charge in [-0.1, -0.05) is 32.9 Å². The van der Waals surface area contributed by atoms with Crippen LogP contribution < -0.4 is 14.8 Å². The van der Waals surface area contributed by atoms with Crippen molar-refractivity contribution in [2.24, 2.45) is 5.41 Å². The molecule has 0 bridgehead atoms. The van der Waals surface area contributed by atoms with Crippen LogP contribution in [0.2, 0.25) is 0 Å². The van der Waals surface area contributed by atoms with Gasteiger partial charge in [0.1, 0.15) is 0 Å². The van der Waals surface area contributed by atoms with Gasteiger partial charge in [0.15, 0.2) is 11.5 Å². The van der Waals surface area contributed by atoms with Crippen molar-refractivity contribution in [1.82, 2.24) is 5.32 Å². The first-order valence-corrected chi connectivity index (χ1v) is 6.34. The first kappa shape index (κ1) is 15.3. The summed E-state index contributed by atoms with van der Waals surface area (Å²) in [5, 5.41) is 2.91. The fourth-order valence-electron chi connectivity index (χ4n) is 1.83. The van der Waals surface area contributed by atoms with Crippen LogP contribution in [-0.2, 0) is 11.3 Å². The molecule has 1 rings (SSSR count). The molecule has 4 heteroatoms. The summed E-state index contributed by atoms with van der Waals surface area (Å²) in [5.41, 5.74) is 0.895. The Kier molecular flexibility index (Phi) is 5.21. The summed E-state index contributed by atoms with van der Waals surface area (Å²) < 4.78 is 10.6. The molecule has 0 aliphatic rings. The number of methoxy groups -OCH3 is 2. The van der Waals surface area contributed by atoms with Crippen molar-refractivity contribution in [2.75, 3.05) is 14.2 Å². The molecule has 0 saturated heterocycles. The lowest BCUT2D eigenvalue weighted by atomic mass is 9.92. The van der Waals surface area contributed by atoms with Gasteiger partial charge in [0.2, 0.25) is 5.91 Å². The summed E-state index contributed by atoms with van der Waals surface area (Å²) >= 11 is 0. The van der Waals surface area contributed by atoms with Crippen molar-refractivity contribution in [3.05, 3.63) is 23.8 Å². The first-order valence-electron chi connectivity index (χ1n) is 6.34. The molecule has 0 aliphatic heterocycles. The molecule has 0 spiro atoms. The van der Waals surface area contributed by atoms with E-state index in [1.165, 1.54) is 0 Å². The van der Waals surface area contributed by atoms with E-state index >= 15 is 0 Å². The smallest absolute Gasteiger partial charge is 0.220 e. The molecule has 106 valence electrons. The van der Waals surface area contributed by atoms with Gasteiger partial charge in [0.25, 0.3) is 0 Å². The van der Waals surface area contributed by atoms with Crippen LogP contribution in [0, 0.1) is 5.41 Å². The second-order valence-corrected chi connectivity index (χ2v) is 5.67. The number of benzene rings is 1. The maximum absolute atomic E-state index is 11.8. The average Bonchev–Trinajstić information content (AvgIpc) is 2.33. The monoisotopic (exact) mass is 265 g/mol. The molecular weight excluding hydrogens is 242 g/mol. The van der Waals surface area contributed by atoms with E-state index in [9.17, 15) is 4.79 Å². The minimum atomic E-state index is -0.0114. The summed E-state index contributed by atoms with van der Waals surface area (Å²) in [5.74, 6) is 1.38. The van der Waals surface area contributed by atoms with Gasteiger partial charge in [0.05, 0.1) is 14.2 Å². The van der Waals surface area contributed by atoms with Gasteiger partial charge in [-0.05, 0) is 11.5 Å². The molecule has 0 aromatic heterocycles. The second-order valence-electron chi connectivity index (χ2n) is 5.67. The molecule has 19 heavy (non-hydrogen) atoms. The van der Waals surface area contributed by atoms with E-state index in [2.05, 4.69) is 5.32 Å². The van der Waals surface area contributed by atoms with Crippen molar-refractivity contribution >= 4 is 5.91 Å². The number of carbonyl (C=O) groups excluding carboxylic acids is 1. The normalized spacial score (nSPS) is 11.0. The minimum Gasteiger partial charge on any atom is -0.493 e. The second kappa shape index (κ2) is 6.45. The molecule has 0 aliphatic carbocycles.